The highest BCUT2D eigenvalue weighted by Crippen LogP contribution is 2.18. The lowest BCUT2D eigenvalue weighted by Gasteiger charge is -2.18. The van der Waals surface area contributed by atoms with E-state index in [9.17, 15) is 14.4 Å². The van der Waals surface area contributed by atoms with E-state index < -0.39 is 6.10 Å². The molecule has 0 amide bonds. The van der Waals surface area contributed by atoms with Gasteiger partial charge in [-0.3, -0.25) is 14.4 Å². The van der Waals surface area contributed by atoms with Gasteiger partial charge in [-0.25, -0.2) is 0 Å². The van der Waals surface area contributed by atoms with Crippen molar-refractivity contribution in [2.75, 3.05) is 13.2 Å². The van der Waals surface area contributed by atoms with Crippen LogP contribution in [0.2, 0.25) is 0 Å². The molecule has 0 spiro atoms. The third-order valence-corrected chi connectivity index (χ3v) is 15.1. The second-order valence-corrected chi connectivity index (χ2v) is 22.7. The Labute approximate surface area is 473 Å². The van der Waals surface area contributed by atoms with E-state index in [1.165, 1.54) is 238 Å². The van der Waals surface area contributed by atoms with Crippen molar-refractivity contribution in [1.29, 1.82) is 0 Å². The molecule has 76 heavy (non-hydrogen) atoms. The molecule has 0 aliphatic rings. The summed E-state index contributed by atoms with van der Waals surface area (Å²) >= 11 is 0. The second-order valence-electron chi connectivity index (χ2n) is 22.7. The van der Waals surface area contributed by atoms with Gasteiger partial charge in [-0.15, -0.1) is 0 Å². The largest absolute Gasteiger partial charge is 0.462 e. The highest BCUT2D eigenvalue weighted by Gasteiger charge is 2.19. The van der Waals surface area contributed by atoms with Crippen LogP contribution in [0.15, 0.2) is 48.6 Å². The first kappa shape index (κ1) is 73.4. The number of hydrogen-bond acceptors (Lipinski definition) is 6. The van der Waals surface area contributed by atoms with Gasteiger partial charge in [-0.1, -0.05) is 333 Å². The van der Waals surface area contributed by atoms with Crippen molar-refractivity contribution in [3.05, 3.63) is 48.6 Å². The fraction of sp³-hybridized carbons (Fsp3) is 0.843. The van der Waals surface area contributed by atoms with Crippen molar-refractivity contribution < 1.29 is 28.6 Å². The Morgan fingerprint density at radius 2 is 0.513 bits per heavy atom. The van der Waals surface area contributed by atoms with Crippen LogP contribution in [0.3, 0.4) is 0 Å². The van der Waals surface area contributed by atoms with E-state index >= 15 is 0 Å². The lowest BCUT2D eigenvalue weighted by atomic mass is 10.0. The molecule has 0 N–H and O–H groups in total. The average Bonchev–Trinajstić information content (AvgIpc) is 3.42. The van der Waals surface area contributed by atoms with Gasteiger partial charge in [0.15, 0.2) is 6.10 Å². The summed E-state index contributed by atoms with van der Waals surface area (Å²) in [5.74, 6) is -0.839. The van der Waals surface area contributed by atoms with Crippen LogP contribution in [-0.2, 0) is 28.6 Å². The summed E-state index contributed by atoms with van der Waals surface area (Å²) < 4.78 is 17.0. The van der Waals surface area contributed by atoms with Crippen LogP contribution in [0, 0.1) is 0 Å². The smallest absolute Gasteiger partial charge is 0.306 e. The number of ether oxygens (including phenoxy) is 3. The Hall–Kier alpha value is -2.63. The molecule has 0 aromatic heterocycles. The minimum atomic E-state index is -0.768. The first-order chi connectivity index (χ1) is 37.5. The average molecular weight is 1070 g/mol. The van der Waals surface area contributed by atoms with Crippen LogP contribution in [0.4, 0.5) is 0 Å². The quantitative estimate of drug-likeness (QED) is 0.0261. The van der Waals surface area contributed by atoms with Gasteiger partial charge in [0.25, 0.3) is 0 Å². The monoisotopic (exact) mass is 1060 g/mol. The molecule has 1 unspecified atom stereocenters. The van der Waals surface area contributed by atoms with Crippen molar-refractivity contribution in [1.82, 2.24) is 0 Å². The molecule has 1 atom stereocenters. The fourth-order valence-electron chi connectivity index (χ4n) is 10.1. The van der Waals surface area contributed by atoms with E-state index in [-0.39, 0.29) is 31.1 Å². The Bertz CT molecular complexity index is 1310. The van der Waals surface area contributed by atoms with Gasteiger partial charge < -0.3 is 14.2 Å². The zero-order chi connectivity index (χ0) is 55.0. The van der Waals surface area contributed by atoms with Crippen LogP contribution in [0.25, 0.3) is 0 Å². The number of allylic oxidation sites excluding steroid dienone is 8. The molecule has 0 aliphatic carbocycles. The Morgan fingerprint density at radius 3 is 0.803 bits per heavy atom. The van der Waals surface area contributed by atoms with Gasteiger partial charge in [-0.2, -0.15) is 0 Å². The Balaban J connectivity index is 4.17. The number of esters is 3. The topological polar surface area (TPSA) is 78.9 Å². The van der Waals surface area contributed by atoms with E-state index in [4.69, 9.17) is 14.2 Å². The Morgan fingerprint density at radius 1 is 0.276 bits per heavy atom. The van der Waals surface area contributed by atoms with Crippen molar-refractivity contribution in [3.63, 3.8) is 0 Å². The third kappa shape index (κ3) is 62.2. The molecular formula is C70H128O6. The van der Waals surface area contributed by atoms with E-state index in [1.807, 2.05) is 0 Å². The molecule has 6 heteroatoms. The SMILES string of the molecule is CC/C=C\C/C=C\C/C=C\C/C=C\CCCCCCCCCCCCCCCCCCC(=O)OCC(COC(=O)CCCCCCCCCCCCCCC)OC(=O)CCCCCCCCCCCCCCCCCC. The molecule has 0 fully saturated rings. The summed E-state index contributed by atoms with van der Waals surface area (Å²) in [5, 5.41) is 0. The van der Waals surface area contributed by atoms with Gasteiger partial charge in [0.05, 0.1) is 0 Å². The summed E-state index contributed by atoms with van der Waals surface area (Å²) in [6, 6.07) is 0. The predicted octanol–water partition coefficient (Wildman–Crippen LogP) is 22.9. The third-order valence-electron chi connectivity index (χ3n) is 15.1. The van der Waals surface area contributed by atoms with Gasteiger partial charge in [0, 0.05) is 19.3 Å². The minimum absolute atomic E-state index is 0.0656. The highest BCUT2D eigenvalue weighted by atomic mass is 16.6. The van der Waals surface area contributed by atoms with Crippen LogP contribution < -0.4 is 0 Å². The first-order valence-corrected chi connectivity index (χ1v) is 33.6. The van der Waals surface area contributed by atoms with Crippen LogP contribution in [0.5, 0.6) is 0 Å². The fourth-order valence-corrected chi connectivity index (χ4v) is 10.1. The molecule has 0 saturated carbocycles. The van der Waals surface area contributed by atoms with Gasteiger partial charge in [-0.05, 0) is 57.8 Å². The van der Waals surface area contributed by atoms with Crippen molar-refractivity contribution in [3.8, 4) is 0 Å². The standard InChI is InChI=1S/C70H128O6/c1-4-7-10-13-16-19-22-25-27-29-30-31-32-33-34-35-36-37-38-39-40-41-43-45-48-51-54-57-60-63-69(72)75-66-67(65-74-68(71)62-59-56-53-50-47-44-24-21-18-15-12-9-6-3)76-70(73)64-61-58-55-52-49-46-42-28-26-23-20-17-14-11-8-5-2/h7,10,16,19,25,27,30-31,67H,4-6,8-9,11-15,17-18,20-24,26,28-29,32-66H2,1-3H3/b10-7-,19-16-,27-25-,31-30-. The van der Waals surface area contributed by atoms with E-state index in [2.05, 4.69) is 69.4 Å². The van der Waals surface area contributed by atoms with Gasteiger partial charge >= 0.3 is 17.9 Å². The molecule has 0 aliphatic heterocycles. The van der Waals surface area contributed by atoms with E-state index in [0.717, 1.165) is 83.5 Å². The maximum absolute atomic E-state index is 12.9. The maximum Gasteiger partial charge on any atom is 0.306 e. The molecule has 0 rings (SSSR count). The number of hydrogen-bond donors (Lipinski definition) is 0. The molecule has 0 radical (unpaired) electrons. The predicted molar refractivity (Wildman–Crippen MR) is 330 cm³/mol. The van der Waals surface area contributed by atoms with E-state index in [1.54, 1.807) is 0 Å². The minimum Gasteiger partial charge on any atom is -0.462 e. The zero-order valence-electron chi connectivity index (χ0n) is 51.0. The summed E-state index contributed by atoms with van der Waals surface area (Å²) in [6.45, 7) is 6.59. The lowest BCUT2D eigenvalue weighted by Crippen LogP contribution is -2.30. The Kier molecular flexibility index (Phi) is 62.6. The number of carbonyl (C=O) groups is 3. The molecule has 444 valence electrons. The molecule has 0 bridgehead atoms. The van der Waals surface area contributed by atoms with Crippen LogP contribution in [-0.4, -0.2) is 37.2 Å². The highest BCUT2D eigenvalue weighted by molar-refractivity contribution is 5.71. The lowest BCUT2D eigenvalue weighted by molar-refractivity contribution is -0.167. The molecule has 6 nitrogen and oxygen atoms in total. The number of unbranched alkanes of at least 4 members (excludes halogenated alkanes) is 43. The van der Waals surface area contributed by atoms with Crippen molar-refractivity contribution in [2.45, 2.75) is 367 Å². The molecule has 0 aromatic rings. The zero-order valence-corrected chi connectivity index (χ0v) is 51.0. The van der Waals surface area contributed by atoms with Crippen LogP contribution in [0.1, 0.15) is 361 Å². The summed E-state index contributed by atoms with van der Waals surface area (Å²) in [5.41, 5.74) is 0. The summed E-state index contributed by atoms with van der Waals surface area (Å²) in [6.07, 6.45) is 81.3. The second kappa shape index (κ2) is 64.9. The summed E-state index contributed by atoms with van der Waals surface area (Å²) in [7, 11) is 0. The van der Waals surface area contributed by atoms with Crippen molar-refractivity contribution in [2.24, 2.45) is 0 Å². The summed E-state index contributed by atoms with van der Waals surface area (Å²) in [4.78, 5) is 38.3. The van der Waals surface area contributed by atoms with Crippen LogP contribution >= 0.6 is 0 Å². The maximum atomic E-state index is 12.9. The number of rotatable bonds is 62. The molecular weight excluding hydrogens is 937 g/mol. The normalized spacial score (nSPS) is 12.3. The molecule has 0 saturated heterocycles. The van der Waals surface area contributed by atoms with Crippen molar-refractivity contribution >= 4 is 17.9 Å². The molecule has 0 aromatic carbocycles. The van der Waals surface area contributed by atoms with E-state index in [0.29, 0.717) is 19.3 Å². The van der Waals surface area contributed by atoms with Gasteiger partial charge in [0.2, 0.25) is 0 Å². The number of carbonyl (C=O) groups excluding carboxylic acids is 3. The molecule has 0 heterocycles. The van der Waals surface area contributed by atoms with Gasteiger partial charge in [0.1, 0.15) is 13.2 Å². The first-order valence-electron chi connectivity index (χ1n) is 33.6.